The highest BCUT2D eigenvalue weighted by Gasteiger charge is 2.25. The van der Waals surface area contributed by atoms with Gasteiger partial charge in [0.2, 0.25) is 5.91 Å². The first kappa shape index (κ1) is 14.8. The summed E-state index contributed by atoms with van der Waals surface area (Å²) in [6.07, 6.45) is 1.90. The van der Waals surface area contributed by atoms with Gasteiger partial charge in [-0.2, -0.15) is 0 Å². The van der Waals surface area contributed by atoms with Crippen molar-refractivity contribution in [1.82, 2.24) is 9.88 Å². The first-order valence-electron chi connectivity index (χ1n) is 7.05. The average Bonchev–Trinajstić information content (AvgIpc) is 2.50. The maximum absolute atomic E-state index is 13.9. The molecule has 0 unspecified atom stereocenters. The fraction of sp³-hybridized carbons (Fsp3) is 0.250. The molecule has 22 heavy (non-hydrogen) atoms. The molecule has 1 N–H and O–H groups in total. The minimum atomic E-state index is -0.380. The monoisotopic (exact) mass is 319 g/mol. The van der Waals surface area contributed by atoms with Crippen molar-refractivity contribution >= 4 is 28.9 Å². The lowest BCUT2D eigenvalue weighted by Gasteiger charge is -2.28. The van der Waals surface area contributed by atoms with Gasteiger partial charge in [0.05, 0.1) is 17.8 Å². The van der Waals surface area contributed by atoms with Crippen LogP contribution >= 0.6 is 11.6 Å². The number of hydrogen-bond acceptors (Lipinski definition) is 3. The summed E-state index contributed by atoms with van der Waals surface area (Å²) in [5.74, 6) is -0.317. The summed E-state index contributed by atoms with van der Waals surface area (Å²) in [5, 5.41) is 3.52. The smallest absolute Gasteiger partial charge is 0.228 e. The number of halogens is 2. The predicted octanol–water partition coefficient (Wildman–Crippen LogP) is 3.52. The maximum atomic E-state index is 13.9. The fourth-order valence-electron chi connectivity index (χ4n) is 2.54. The molecule has 6 heteroatoms. The molecule has 0 saturated heterocycles. The zero-order valence-corrected chi connectivity index (χ0v) is 12.8. The Morgan fingerprint density at radius 1 is 1.36 bits per heavy atom. The van der Waals surface area contributed by atoms with Crippen LogP contribution in [0.4, 0.5) is 15.8 Å². The number of carbonyl (C=O) groups excluding carboxylic acids is 1. The van der Waals surface area contributed by atoms with E-state index in [0.717, 1.165) is 16.9 Å². The van der Waals surface area contributed by atoms with Gasteiger partial charge < -0.3 is 10.2 Å². The summed E-state index contributed by atoms with van der Waals surface area (Å²) in [7, 11) is 0. The van der Waals surface area contributed by atoms with Crippen molar-refractivity contribution in [3.63, 3.8) is 0 Å². The van der Waals surface area contributed by atoms with Gasteiger partial charge in [-0.15, -0.1) is 0 Å². The van der Waals surface area contributed by atoms with E-state index in [1.807, 2.05) is 6.92 Å². The van der Waals surface area contributed by atoms with E-state index in [1.165, 1.54) is 18.2 Å². The third-order valence-electron chi connectivity index (χ3n) is 3.74. The standard InChI is InChI=1S/C16H15ClFN3O/c1-2-21-9-11-13(5-6-19-14(11)8-16(21)22)20-15-7-10(17)3-4-12(15)18/h3-7H,2,8-9H2,1H3,(H,19,20). The second kappa shape index (κ2) is 5.93. The lowest BCUT2D eigenvalue weighted by Crippen LogP contribution is -2.36. The summed E-state index contributed by atoms with van der Waals surface area (Å²) in [5.41, 5.74) is 2.71. The molecule has 0 bridgehead atoms. The van der Waals surface area contributed by atoms with Gasteiger partial charge in [-0.05, 0) is 31.2 Å². The Labute approximate surface area is 132 Å². The van der Waals surface area contributed by atoms with Crippen molar-refractivity contribution in [2.45, 2.75) is 19.9 Å². The van der Waals surface area contributed by atoms with Crippen molar-refractivity contribution in [3.05, 3.63) is 52.6 Å². The van der Waals surface area contributed by atoms with Gasteiger partial charge in [-0.1, -0.05) is 11.6 Å². The van der Waals surface area contributed by atoms with E-state index >= 15 is 0 Å². The van der Waals surface area contributed by atoms with E-state index in [4.69, 9.17) is 11.6 Å². The van der Waals surface area contributed by atoms with Crippen LogP contribution in [0.2, 0.25) is 5.02 Å². The van der Waals surface area contributed by atoms with Crippen LogP contribution in [0.3, 0.4) is 0 Å². The molecule has 0 aliphatic carbocycles. The number of benzene rings is 1. The highest BCUT2D eigenvalue weighted by molar-refractivity contribution is 6.30. The maximum Gasteiger partial charge on any atom is 0.228 e. The van der Waals surface area contributed by atoms with E-state index in [9.17, 15) is 9.18 Å². The SMILES string of the molecule is CCN1Cc2c(Nc3cc(Cl)ccc3F)ccnc2CC1=O. The third-order valence-corrected chi connectivity index (χ3v) is 3.98. The van der Waals surface area contributed by atoms with Gasteiger partial charge in [0.25, 0.3) is 0 Å². The molecule has 114 valence electrons. The lowest BCUT2D eigenvalue weighted by molar-refractivity contribution is -0.131. The lowest BCUT2D eigenvalue weighted by atomic mass is 10.0. The minimum absolute atomic E-state index is 0.0635. The molecular weight excluding hydrogens is 305 g/mol. The van der Waals surface area contributed by atoms with Gasteiger partial charge in [-0.25, -0.2) is 4.39 Å². The summed E-state index contributed by atoms with van der Waals surface area (Å²) in [4.78, 5) is 18.0. The van der Waals surface area contributed by atoms with Crippen molar-refractivity contribution < 1.29 is 9.18 Å². The molecular formula is C16H15ClFN3O. The molecule has 1 aliphatic rings. The molecule has 1 aromatic carbocycles. The van der Waals surface area contributed by atoms with Crippen LogP contribution in [0.1, 0.15) is 18.2 Å². The van der Waals surface area contributed by atoms with E-state index in [2.05, 4.69) is 10.3 Å². The highest BCUT2D eigenvalue weighted by atomic mass is 35.5. The Hall–Kier alpha value is -2.14. The molecule has 1 aromatic heterocycles. The van der Waals surface area contributed by atoms with Gasteiger partial charge >= 0.3 is 0 Å². The van der Waals surface area contributed by atoms with Crippen LogP contribution in [0, 0.1) is 5.82 Å². The number of nitrogens with one attached hydrogen (secondary N) is 1. The zero-order valence-electron chi connectivity index (χ0n) is 12.1. The van der Waals surface area contributed by atoms with Crippen molar-refractivity contribution in [3.8, 4) is 0 Å². The van der Waals surface area contributed by atoms with Crippen LogP contribution in [0.15, 0.2) is 30.5 Å². The van der Waals surface area contributed by atoms with E-state index in [1.54, 1.807) is 17.2 Å². The number of pyridine rings is 1. The number of anilines is 2. The number of nitrogens with zero attached hydrogens (tertiary/aromatic N) is 2. The van der Waals surface area contributed by atoms with Gasteiger partial charge in [0.15, 0.2) is 0 Å². The van der Waals surface area contributed by atoms with Gasteiger partial charge in [0, 0.05) is 35.6 Å². The number of carbonyl (C=O) groups is 1. The molecule has 0 spiro atoms. The van der Waals surface area contributed by atoms with Crippen LogP contribution in [0.25, 0.3) is 0 Å². The Balaban J connectivity index is 1.97. The second-order valence-corrected chi connectivity index (χ2v) is 5.55. The van der Waals surface area contributed by atoms with E-state index in [0.29, 0.717) is 23.8 Å². The van der Waals surface area contributed by atoms with Crippen molar-refractivity contribution in [1.29, 1.82) is 0 Å². The second-order valence-electron chi connectivity index (χ2n) is 5.12. The van der Waals surface area contributed by atoms with E-state index in [-0.39, 0.29) is 18.1 Å². The summed E-state index contributed by atoms with van der Waals surface area (Å²) in [6, 6.07) is 6.14. The molecule has 0 atom stereocenters. The molecule has 0 radical (unpaired) electrons. The number of amides is 1. The Bertz CT molecular complexity index is 735. The molecule has 2 heterocycles. The zero-order chi connectivity index (χ0) is 15.7. The average molecular weight is 320 g/mol. The third kappa shape index (κ3) is 2.76. The molecule has 1 amide bonds. The number of rotatable bonds is 3. The Kier molecular flexibility index (Phi) is 3.98. The summed E-state index contributed by atoms with van der Waals surface area (Å²) >= 11 is 5.92. The van der Waals surface area contributed by atoms with Gasteiger partial charge in [0.1, 0.15) is 5.82 Å². The van der Waals surface area contributed by atoms with Crippen LogP contribution in [-0.4, -0.2) is 22.3 Å². The van der Waals surface area contributed by atoms with E-state index < -0.39 is 0 Å². The molecule has 2 aromatic rings. The summed E-state index contributed by atoms with van der Waals surface area (Å²) < 4.78 is 13.9. The molecule has 0 fully saturated rings. The van der Waals surface area contributed by atoms with Gasteiger partial charge in [-0.3, -0.25) is 9.78 Å². The normalized spacial score (nSPS) is 14.0. The predicted molar refractivity (Wildman–Crippen MR) is 83.7 cm³/mol. The minimum Gasteiger partial charge on any atom is -0.353 e. The first-order valence-corrected chi connectivity index (χ1v) is 7.43. The highest BCUT2D eigenvalue weighted by Crippen LogP contribution is 2.29. The summed E-state index contributed by atoms with van der Waals surface area (Å²) in [6.45, 7) is 3.05. The molecule has 3 rings (SSSR count). The molecule has 4 nitrogen and oxygen atoms in total. The topological polar surface area (TPSA) is 45.2 Å². The van der Waals surface area contributed by atoms with Crippen LogP contribution in [-0.2, 0) is 17.8 Å². The first-order chi connectivity index (χ1) is 10.6. The molecule has 1 aliphatic heterocycles. The number of aromatic nitrogens is 1. The Morgan fingerprint density at radius 2 is 2.18 bits per heavy atom. The quantitative estimate of drug-likeness (QED) is 0.941. The number of fused-ring (bicyclic) bond motifs is 1. The number of hydrogen-bond donors (Lipinski definition) is 1. The van der Waals surface area contributed by atoms with Crippen LogP contribution < -0.4 is 5.32 Å². The largest absolute Gasteiger partial charge is 0.353 e. The molecule has 0 saturated carbocycles. The van der Waals surface area contributed by atoms with Crippen molar-refractivity contribution in [2.75, 3.05) is 11.9 Å². The van der Waals surface area contributed by atoms with Crippen LogP contribution in [0.5, 0.6) is 0 Å². The Morgan fingerprint density at radius 3 is 2.95 bits per heavy atom. The fourth-order valence-corrected chi connectivity index (χ4v) is 2.71. The van der Waals surface area contributed by atoms with Crippen molar-refractivity contribution in [2.24, 2.45) is 0 Å². The number of likely N-dealkylation sites (N-methyl/N-ethyl adjacent to an activating group) is 1.